The molecule has 1 aromatic heterocycles. The van der Waals surface area contributed by atoms with Crippen molar-refractivity contribution in [1.29, 1.82) is 0 Å². The molecule has 0 aliphatic carbocycles. The molecule has 1 fully saturated rings. The molecule has 1 aliphatic heterocycles. The van der Waals surface area contributed by atoms with Gasteiger partial charge in [0.05, 0.1) is 7.11 Å². The van der Waals surface area contributed by atoms with E-state index in [1.54, 1.807) is 12.0 Å². The lowest BCUT2D eigenvalue weighted by atomic mass is 10.2. The van der Waals surface area contributed by atoms with Crippen molar-refractivity contribution in [2.45, 2.75) is 6.54 Å². The molecular weight excluding hydrogens is 326 g/mol. The fourth-order valence-electron chi connectivity index (χ4n) is 2.79. The Morgan fingerprint density at radius 1 is 1.24 bits per heavy atom. The van der Waals surface area contributed by atoms with Gasteiger partial charge in [0.2, 0.25) is 12.2 Å². The van der Waals surface area contributed by atoms with E-state index in [0.717, 1.165) is 24.5 Å². The van der Waals surface area contributed by atoms with Gasteiger partial charge in [0.15, 0.2) is 0 Å². The number of carbonyl (C=O) groups excluding carboxylic acids is 1. The molecule has 132 valence electrons. The monoisotopic (exact) mass is 345 g/mol. The Morgan fingerprint density at radius 3 is 2.48 bits per heavy atom. The van der Waals surface area contributed by atoms with Crippen LogP contribution in [0.15, 0.2) is 36.8 Å². The summed E-state index contributed by atoms with van der Waals surface area (Å²) >= 11 is 0. The van der Waals surface area contributed by atoms with Crippen LogP contribution in [0.25, 0.3) is 0 Å². The molecule has 1 amide bonds. The van der Waals surface area contributed by atoms with Gasteiger partial charge in [-0.1, -0.05) is 0 Å². The van der Waals surface area contributed by atoms with E-state index in [9.17, 15) is 14.9 Å². The minimum Gasteiger partial charge on any atom is -0.497 e. The van der Waals surface area contributed by atoms with E-state index >= 15 is 0 Å². The van der Waals surface area contributed by atoms with Crippen molar-refractivity contribution >= 4 is 17.4 Å². The largest absolute Gasteiger partial charge is 0.497 e. The number of rotatable bonds is 5. The Bertz CT molecular complexity index is 750. The molecular formula is C16H19N5O4. The summed E-state index contributed by atoms with van der Waals surface area (Å²) < 4.78 is 6.60. The smallest absolute Gasteiger partial charge is 0.381 e. The molecule has 3 rings (SSSR count). The van der Waals surface area contributed by atoms with Gasteiger partial charge in [-0.05, 0) is 34.2 Å². The summed E-state index contributed by atoms with van der Waals surface area (Å²) in [6.45, 7) is 2.76. The maximum absolute atomic E-state index is 12.3. The van der Waals surface area contributed by atoms with E-state index in [1.807, 2.05) is 24.3 Å². The molecule has 0 unspecified atom stereocenters. The molecule has 9 nitrogen and oxygen atoms in total. The number of carbonyl (C=O) groups is 1. The molecule has 1 aliphatic rings. The molecule has 9 heteroatoms. The van der Waals surface area contributed by atoms with Crippen LogP contribution in [0.4, 0.5) is 11.5 Å². The van der Waals surface area contributed by atoms with Crippen LogP contribution in [0.1, 0.15) is 0 Å². The Balaban J connectivity index is 1.53. The second kappa shape index (κ2) is 7.20. The van der Waals surface area contributed by atoms with Gasteiger partial charge in [-0.25, -0.2) is 0 Å². The van der Waals surface area contributed by atoms with Crippen LogP contribution in [-0.2, 0) is 11.3 Å². The van der Waals surface area contributed by atoms with Crippen molar-refractivity contribution in [2.24, 2.45) is 0 Å². The van der Waals surface area contributed by atoms with Crippen molar-refractivity contribution in [3.63, 3.8) is 0 Å². The Morgan fingerprint density at radius 2 is 1.92 bits per heavy atom. The number of hydrogen-bond donors (Lipinski definition) is 0. The zero-order chi connectivity index (χ0) is 17.8. The average molecular weight is 345 g/mol. The second-order valence-corrected chi connectivity index (χ2v) is 5.73. The predicted octanol–water partition coefficient (Wildman–Crippen LogP) is 1.15. The average Bonchev–Trinajstić information content (AvgIpc) is 3.11. The predicted molar refractivity (Wildman–Crippen MR) is 90.7 cm³/mol. The summed E-state index contributed by atoms with van der Waals surface area (Å²) in [7, 11) is 1.63. The van der Waals surface area contributed by atoms with Crippen LogP contribution in [0.5, 0.6) is 5.75 Å². The maximum atomic E-state index is 12.3. The fourth-order valence-corrected chi connectivity index (χ4v) is 2.79. The number of amides is 1. The molecule has 0 radical (unpaired) electrons. The fraction of sp³-hybridized carbons (Fsp3) is 0.375. The number of benzene rings is 1. The summed E-state index contributed by atoms with van der Waals surface area (Å²) in [4.78, 5) is 30.0. The van der Waals surface area contributed by atoms with Crippen LogP contribution in [0, 0.1) is 10.1 Å². The summed E-state index contributed by atoms with van der Waals surface area (Å²) in [5.41, 5.74) is 1.10. The van der Waals surface area contributed by atoms with E-state index in [1.165, 1.54) is 17.1 Å². The van der Waals surface area contributed by atoms with Crippen LogP contribution in [-0.4, -0.2) is 58.6 Å². The van der Waals surface area contributed by atoms with Gasteiger partial charge in [0.1, 0.15) is 18.5 Å². The minimum atomic E-state index is -0.575. The van der Waals surface area contributed by atoms with Crippen LogP contribution < -0.4 is 9.64 Å². The molecule has 2 aromatic rings. The third kappa shape index (κ3) is 3.87. The van der Waals surface area contributed by atoms with Crippen LogP contribution in [0.3, 0.4) is 0 Å². The van der Waals surface area contributed by atoms with Crippen LogP contribution in [0.2, 0.25) is 0 Å². The Labute approximate surface area is 144 Å². The van der Waals surface area contributed by atoms with E-state index in [4.69, 9.17) is 4.74 Å². The lowest BCUT2D eigenvalue weighted by Crippen LogP contribution is -2.49. The van der Waals surface area contributed by atoms with Gasteiger partial charge in [0.25, 0.3) is 0 Å². The topological polar surface area (TPSA) is 93.7 Å². The first kappa shape index (κ1) is 16.7. The minimum absolute atomic E-state index is 0.0589. The number of anilines is 1. The van der Waals surface area contributed by atoms with Crippen molar-refractivity contribution in [3.8, 4) is 5.75 Å². The van der Waals surface area contributed by atoms with Crippen molar-refractivity contribution in [1.82, 2.24) is 14.5 Å². The molecule has 1 saturated heterocycles. The number of aromatic nitrogens is 2. The number of ether oxygens (including phenoxy) is 1. The molecule has 1 aromatic carbocycles. The van der Waals surface area contributed by atoms with E-state index < -0.39 is 4.92 Å². The van der Waals surface area contributed by atoms with Gasteiger partial charge in [0, 0.05) is 31.9 Å². The summed E-state index contributed by atoms with van der Waals surface area (Å²) in [5.74, 6) is 0.491. The first-order valence-electron chi connectivity index (χ1n) is 7.90. The summed E-state index contributed by atoms with van der Waals surface area (Å²) in [6, 6.07) is 7.83. The first-order valence-corrected chi connectivity index (χ1v) is 7.90. The van der Waals surface area contributed by atoms with Gasteiger partial charge >= 0.3 is 5.82 Å². The SMILES string of the molecule is COc1ccc(N2CCN(C(=O)Cn3cnc([N+](=O)[O-])c3)CC2)cc1. The van der Waals surface area contributed by atoms with Gasteiger partial charge < -0.3 is 29.2 Å². The second-order valence-electron chi connectivity index (χ2n) is 5.73. The van der Waals surface area contributed by atoms with Gasteiger partial charge in [-0.15, -0.1) is 0 Å². The van der Waals surface area contributed by atoms with Crippen molar-refractivity contribution in [2.75, 3.05) is 38.2 Å². The molecule has 0 bridgehead atoms. The van der Waals surface area contributed by atoms with Crippen molar-refractivity contribution < 1.29 is 14.5 Å². The number of hydrogen-bond acceptors (Lipinski definition) is 6. The highest BCUT2D eigenvalue weighted by Crippen LogP contribution is 2.20. The standard InChI is InChI=1S/C16H19N5O4/c1-25-14-4-2-13(3-5-14)19-6-8-20(9-7-19)16(22)11-18-10-15(17-12-18)21(23)24/h2-5,10,12H,6-9,11H2,1H3. The number of imidazole rings is 1. The van der Waals surface area contributed by atoms with E-state index in [-0.39, 0.29) is 18.3 Å². The quantitative estimate of drug-likeness (QED) is 0.596. The van der Waals surface area contributed by atoms with E-state index in [2.05, 4.69) is 9.88 Å². The normalized spacial score (nSPS) is 14.4. The third-order valence-corrected chi connectivity index (χ3v) is 4.19. The van der Waals surface area contributed by atoms with Crippen molar-refractivity contribution in [3.05, 3.63) is 46.9 Å². The first-order chi connectivity index (χ1) is 12.1. The highest BCUT2D eigenvalue weighted by Gasteiger charge is 2.22. The zero-order valence-corrected chi connectivity index (χ0v) is 13.9. The Kier molecular flexibility index (Phi) is 4.82. The van der Waals surface area contributed by atoms with Gasteiger partial charge in [-0.2, -0.15) is 0 Å². The van der Waals surface area contributed by atoms with Gasteiger partial charge in [-0.3, -0.25) is 4.79 Å². The molecule has 0 spiro atoms. The number of piperazine rings is 1. The third-order valence-electron chi connectivity index (χ3n) is 4.19. The maximum Gasteiger partial charge on any atom is 0.381 e. The number of nitrogens with zero attached hydrogens (tertiary/aromatic N) is 5. The Hall–Kier alpha value is -3.10. The molecule has 0 N–H and O–H groups in total. The summed E-state index contributed by atoms with van der Waals surface area (Å²) in [5, 5.41) is 10.6. The zero-order valence-electron chi connectivity index (χ0n) is 13.9. The number of methoxy groups -OCH3 is 1. The number of nitro groups is 1. The molecule has 0 saturated carbocycles. The van der Waals surface area contributed by atoms with E-state index in [0.29, 0.717) is 13.1 Å². The molecule has 2 heterocycles. The lowest BCUT2D eigenvalue weighted by Gasteiger charge is -2.36. The highest BCUT2D eigenvalue weighted by atomic mass is 16.6. The van der Waals surface area contributed by atoms with Crippen LogP contribution >= 0.6 is 0 Å². The molecule has 25 heavy (non-hydrogen) atoms. The molecule has 0 atom stereocenters. The highest BCUT2D eigenvalue weighted by molar-refractivity contribution is 5.76. The lowest BCUT2D eigenvalue weighted by molar-refractivity contribution is -0.389. The summed E-state index contributed by atoms with van der Waals surface area (Å²) in [6.07, 6.45) is 2.58.